The minimum atomic E-state index is -0.00986. The first-order valence-electron chi connectivity index (χ1n) is 11.2. The Bertz CT molecular complexity index is 981. The number of aromatic nitrogens is 2. The minimum Gasteiger partial charge on any atom is -0.349 e. The Morgan fingerprint density at radius 2 is 1.93 bits per heavy atom. The number of anilines is 1. The lowest BCUT2D eigenvalue weighted by Crippen LogP contribution is -2.44. The molecule has 0 radical (unpaired) electrons. The third kappa shape index (κ3) is 4.35. The van der Waals surface area contributed by atoms with Crippen molar-refractivity contribution in [3.63, 3.8) is 0 Å². The van der Waals surface area contributed by atoms with Gasteiger partial charge in [-0.2, -0.15) is 0 Å². The summed E-state index contributed by atoms with van der Waals surface area (Å²) in [6.07, 6.45) is 4.21. The standard InChI is InChI=1S/C25H32N4O/c1-3-4-17-29-23-15-9-8-14-22(23)27-25(29)28-16-10-13-21(18-28)24(30)26-19(2)20-11-6-5-7-12-20/h5-9,11-12,14-15,19,21H,3-4,10,13,16-18H2,1-2H3,(H,26,30)/t19-,21-/m0/s1. The van der Waals surface area contributed by atoms with Gasteiger partial charge in [-0.1, -0.05) is 55.8 Å². The molecule has 1 N–H and O–H groups in total. The molecule has 1 amide bonds. The molecule has 5 heteroatoms. The Labute approximate surface area is 179 Å². The molecular formula is C25H32N4O. The molecule has 2 atom stereocenters. The second kappa shape index (κ2) is 9.33. The van der Waals surface area contributed by atoms with Gasteiger partial charge in [0.2, 0.25) is 11.9 Å². The Morgan fingerprint density at radius 3 is 2.73 bits per heavy atom. The second-order valence-corrected chi connectivity index (χ2v) is 8.33. The molecule has 5 nitrogen and oxygen atoms in total. The molecule has 1 aromatic heterocycles. The fraction of sp³-hybridized carbons (Fsp3) is 0.440. The van der Waals surface area contributed by atoms with Gasteiger partial charge in [0.25, 0.3) is 0 Å². The van der Waals surface area contributed by atoms with E-state index in [1.807, 2.05) is 24.3 Å². The van der Waals surface area contributed by atoms with E-state index in [1.165, 1.54) is 5.52 Å². The topological polar surface area (TPSA) is 50.2 Å². The van der Waals surface area contributed by atoms with Crippen LogP contribution in [0.5, 0.6) is 0 Å². The number of carbonyl (C=O) groups is 1. The van der Waals surface area contributed by atoms with Gasteiger partial charge in [0.15, 0.2) is 0 Å². The lowest BCUT2D eigenvalue weighted by Gasteiger charge is -2.33. The monoisotopic (exact) mass is 404 g/mol. The smallest absolute Gasteiger partial charge is 0.225 e. The fourth-order valence-corrected chi connectivity index (χ4v) is 4.37. The van der Waals surface area contributed by atoms with Crippen LogP contribution < -0.4 is 10.2 Å². The summed E-state index contributed by atoms with van der Waals surface area (Å²) in [6.45, 7) is 6.91. The summed E-state index contributed by atoms with van der Waals surface area (Å²) in [5.74, 6) is 1.15. The summed E-state index contributed by atoms with van der Waals surface area (Å²) >= 11 is 0. The van der Waals surface area contributed by atoms with Crippen LogP contribution in [0, 0.1) is 5.92 Å². The highest BCUT2D eigenvalue weighted by Crippen LogP contribution is 2.28. The van der Waals surface area contributed by atoms with E-state index in [0.29, 0.717) is 0 Å². The highest BCUT2D eigenvalue weighted by molar-refractivity contribution is 5.81. The maximum absolute atomic E-state index is 13.0. The molecule has 0 spiro atoms. The number of piperidine rings is 1. The van der Waals surface area contributed by atoms with E-state index in [9.17, 15) is 4.79 Å². The molecule has 2 heterocycles. The zero-order valence-electron chi connectivity index (χ0n) is 18.1. The number of nitrogens with one attached hydrogen (secondary N) is 1. The van der Waals surface area contributed by atoms with Gasteiger partial charge < -0.3 is 14.8 Å². The van der Waals surface area contributed by atoms with Gasteiger partial charge in [0.1, 0.15) is 0 Å². The predicted molar refractivity (Wildman–Crippen MR) is 123 cm³/mol. The van der Waals surface area contributed by atoms with Crippen LogP contribution in [0.4, 0.5) is 5.95 Å². The number of benzene rings is 2. The van der Waals surface area contributed by atoms with Crippen LogP contribution in [0.2, 0.25) is 0 Å². The summed E-state index contributed by atoms with van der Waals surface area (Å²) in [5, 5.41) is 3.22. The third-order valence-corrected chi connectivity index (χ3v) is 6.10. The third-order valence-electron chi connectivity index (χ3n) is 6.10. The van der Waals surface area contributed by atoms with Crippen LogP contribution in [0.25, 0.3) is 11.0 Å². The maximum atomic E-state index is 13.0. The molecule has 30 heavy (non-hydrogen) atoms. The zero-order valence-corrected chi connectivity index (χ0v) is 18.1. The van der Waals surface area contributed by atoms with E-state index in [4.69, 9.17) is 4.98 Å². The average Bonchev–Trinajstić information content (AvgIpc) is 3.17. The van der Waals surface area contributed by atoms with Crippen molar-refractivity contribution in [3.05, 3.63) is 60.2 Å². The number of nitrogens with zero attached hydrogens (tertiary/aromatic N) is 3. The number of amides is 1. The molecule has 1 fully saturated rings. The predicted octanol–water partition coefficient (Wildman–Crippen LogP) is 4.93. The van der Waals surface area contributed by atoms with E-state index < -0.39 is 0 Å². The molecule has 0 bridgehead atoms. The lowest BCUT2D eigenvalue weighted by atomic mass is 9.96. The van der Waals surface area contributed by atoms with Crippen LogP contribution in [-0.4, -0.2) is 28.5 Å². The van der Waals surface area contributed by atoms with Crippen LogP contribution in [-0.2, 0) is 11.3 Å². The lowest BCUT2D eigenvalue weighted by molar-refractivity contribution is -0.125. The van der Waals surface area contributed by atoms with Gasteiger partial charge in [-0.15, -0.1) is 0 Å². The van der Waals surface area contributed by atoms with Crippen molar-refractivity contribution in [2.75, 3.05) is 18.0 Å². The molecule has 3 aromatic rings. The van der Waals surface area contributed by atoms with Crippen molar-refractivity contribution in [1.82, 2.24) is 14.9 Å². The van der Waals surface area contributed by atoms with Crippen molar-refractivity contribution in [2.45, 2.75) is 52.1 Å². The molecular weight excluding hydrogens is 372 g/mol. The average molecular weight is 405 g/mol. The summed E-state index contributed by atoms with van der Waals surface area (Å²) in [6, 6.07) is 18.5. The summed E-state index contributed by atoms with van der Waals surface area (Å²) < 4.78 is 2.34. The van der Waals surface area contributed by atoms with Gasteiger partial charge in [-0.25, -0.2) is 4.98 Å². The van der Waals surface area contributed by atoms with Crippen molar-refractivity contribution in [3.8, 4) is 0 Å². The van der Waals surface area contributed by atoms with Gasteiger partial charge in [0.05, 0.1) is 23.0 Å². The Hall–Kier alpha value is -2.82. The molecule has 2 aromatic carbocycles. The number of unbranched alkanes of at least 4 members (excludes halogenated alkanes) is 1. The van der Waals surface area contributed by atoms with Gasteiger partial charge in [0, 0.05) is 19.6 Å². The van der Waals surface area contributed by atoms with Gasteiger partial charge in [-0.05, 0) is 43.9 Å². The van der Waals surface area contributed by atoms with Crippen LogP contribution in [0.15, 0.2) is 54.6 Å². The number of para-hydroxylation sites is 2. The summed E-state index contributed by atoms with van der Waals surface area (Å²) in [7, 11) is 0. The molecule has 0 aliphatic carbocycles. The Kier molecular flexibility index (Phi) is 6.36. The highest BCUT2D eigenvalue weighted by Gasteiger charge is 2.29. The van der Waals surface area contributed by atoms with Gasteiger partial charge in [-0.3, -0.25) is 4.79 Å². The normalized spacial score (nSPS) is 17.8. The largest absolute Gasteiger partial charge is 0.349 e. The molecule has 1 saturated heterocycles. The molecule has 4 rings (SSSR count). The van der Waals surface area contributed by atoms with E-state index in [0.717, 1.165) is 62.3 Å². The number of hydrogen-bond acceptors (Lipinski definition) is 3. The fourth-order valence-electron chi connectivity index (χ4n) is 4.37. The zero-order chi connectivity index (χ0) is 20.9. The van der Waals surface area contributed by atoms with Crippen molar-refractivity contribution < 1.29 is 4.79 Å². The first kappa shape index (κ1) is 20.5. The van der Waals surface area contributed by atoms with Crippen LogP contribution in [0.3, 0.4) is 0 Å². The Morgan fingerprint density at radius 1 is 1.17 bits per heavy atom. The number of hydrogen-bond donors (Lipinski definition) is 1. The van der Waals surface area contributed by atoms with Crippen molar-refractivity contribution >= 4 is 22.9 Å². The highest BCUT2D eigenvalue weighted by atomic mass is 16.2. The first-order chi connectivity index (χ1) is 14.7. The summed E-state index contributed by atoms with van der Waals surface area (Å²) in [5.41, 5.74) is 3.36. The first-order valence-corrected chi connectivity index (χ1v) is 11.2. The molecule has 0 unspecified atom stereocenters. The summed E-state index contributed by atoms with van der Waals surface area (Å²) in [4.78, 5) is 20.3. The molecule has 1 aliphatic heterocycles. The molecule has 1 aliphatic rings. The van der Waals surface area contributed by atoms with Crippen LogP contribution in [0.1, 0.15) is 51.1 Å². The number of fused-ring (bicyclic) bond motifs is 1. The second-order valence-electron chi connectivity index (χ2n) is 8.33. The van der Waals surface area contributed by atoms with Gasteiger partial charge >= 0.3 is 0 Å². The number of aryl methyl sites for hydroxylation is 1. The number of carbonyl (C=O) groups excluding carboxylic acids is 1. The Balaban J connectivity index is 1.50. The van der Waals surface area contributed by atoms with Crippen molar-refractivity contribution in [1.29, 1.82) is 0 Å². The molecule has 158 valence electrons. The minimum absolute atomic E-state index is 0.00986. The quantitative estimate of drug-likeness (QED) is 0.607. The van der Waals surface area contributed by atoms with E-state index in [-0.39, 0.29) is 17.9 Å². The van der Waals surface area contributed by atoms with E-state index >= 15 is 0 Å². The van der Waals surface area contributed by atoms with E-state index in [1.54, 1.807) is 0 Å². The van der Waals surface area contributed by atoms with Crippen LogP contribution >= 0.6 is 0 Å². The number of imidazole rings is 1. The molecule has 0 saturated carbocycles. The number of rotatable bonds is 7. The van der Waals surface area contributed by atoms with Crippen molar-refractivity contribution in [2.24, 2.45) is 5.92 Å². The SMILES string of the molecule is CCCCn1c(N2CCC[C@H](C(=O)N[C@@H](C)c3ccccc3)C2)nc2ccccc21. The maximum Gasteiger partial charge on any atom is 0.225 e. The van der Waals surface area contributed by atoms with E-state index in [2.05, 4.69) is 59.0 Å².